The average Bonchev–Trinajstić information content (AvgIpc) is 2.60. The van der Waals surface area contributed by atoms with Crippen LogP contribution in [0.3, 0.4) is 0 Å². The number of halogens is 2. The van der Waals surface area contributed by atoms with Gasteiger partial charge in [0.05, 0.1) is 29.7 Å². The molecule has 6 nitrogen and oxygen atoms in total. The van der Waals surface area contributed by atoms with Crippen LogP contribution < -0.4 is 0 Å². The molecule has 1 aromatic rings. The Morgan fingerprint density at radius 1 is 1.00 bits per heavy atom. The van der Waals surface area contributed by atoms with E-state index in [1.807, 2.05) is 20.8 Å². The van der Waals surface area contributed by atoms with Crippen molar-refractivity contribution in [1.82, 2.24) is 0 Å². The first-order valence-corrected chi connectivity index (χ1v) is 10.9. The molecule has 0 fully saturated rings. The summed E-state index contributed by atoms with van der Waals surface area (Å²) in [5, 5.41) is 19.2. The number of aryl methyl sites for hydroxylation is 1. The summed E-state index contributed by atoms with van der Waals surface area (Å²) in [5.41, 5.74) is 0.928. The molecule has 2 N–H and O–H groups in total. The lowest BCUT2D eigenvalue weighted by molar-refractivity contribution is -0.929. The summed E-state index contributed by atoms with van der Waals surface area (Å²) >= 11 is 11.2. The molecule has 0 aliphatic rings. The minimum absolute atomic E-state index is 0.178. The van der Waals surface area contributed by atoms with Gasteiger partial charge < -0.3 is 19.2 Å². The Kier molecular flexibility index (Phi) is 11.9. The monoisotopic (exact) mass is 429 g/mol. The lowest BCUT2D eigenvalue weighted by atomic mass is 10.2. The van der Waals surface area contributed by atoms with Crippen molar-refractivity contribution in [3.8, 4) is 0 Å². The number of aliphatic hydroxyl groups excluding tert-OH is 2. The molecule has 0 heterocycles. The minimum atomic E-state index is -4.27. The Labute approximate surface area is 166 Å². The van der Waals surface area contributed by atoms with Crippen molar-refractivity contribution in [2.45, 2.75) is 37.9 Å². The molecule has 1 rings (SSSR count). The van der Waals surface area contributed by atoms with Crippen LogP contribution in [0.25, 0.3) is 0 Å². The van der Waals surface area contributed by atoms with Crippen LogP contribution in [0.5, 0.6) is 0 Å². The van der Waals surface area contributed by atoms with Crippen LogP contribution in [-0.4, -0.2) is 77.8 Å². The molecular formula is C17H29Cl2NO5S. The Morgan fingerprint density at radius 3 is 1.65 bits per heavy atom. The summed E-state index contributed by atoms with van der Waals surface area (Å²) in [6, 6.07) is 5.78. The van der Waals surface area contributed by atoms with Crippen LogP contribution in [0, 0.1) is 6.92 Å². The first-order chi connectivity index (χ1) is 12.0. The highest BCUT2D eigenvalue weighted by Crippen LogP contribution is 2.11. The van der Waals surface area contributed by atoms with E-state index in [9.17, 15) is 23.2 Å². The summed E-state index contributed by atoms with van der Waals surface area (Å²) in [7, 11) is -4.27. The van der Waals surface area contributed by atoms with E-state index in [0.717, 1.165) is 18.7 Å². The number of benzene rings is 1. The van der Waals surface area contributed by atoms with Crippen LogP contribution in [0.2, 0.25) is 0 Å². The molecule has 1 aromatic carbocycles. The standard InChI is InChI=1S/C10H22Cl2NO2.C7H8O3S/c1-3-13(4-2,7-9(14)5-11)8-10(15)6-12;1-6-2-4-7(5-3-6)11(8,9)10/h9-10,14-15H,3-8H2,1-2H3;2-5H,1H3,(H,8,9,10)/q+1;/p-1. The second-order valence-corrected chi connectivity index (χ2v) is 8.22. The van der Waals surface area contributed by atoms with E-state index in [-0.39, 0.29) is 16.7 Å². The highest BCUT2D eigenvalue weighted by molar-refractivity contribution is 7.85. The lowest BCUT2D eigenvalue weighted by Gasteiger charge is -2.39. The van der Waals surface area contributed by atoms with Crippen molar-refractivity contribution in [3.05, 3.63) is 29.8 Å². The molecule has 0 bridgehead atoms. The van der Waals surface area contributed by atoms with Gasteiger partial charge in [0.2, 0.25) is 0 Å². The van der Waals surface area contributed by atoms with Gasteiger partial charge in [0.1, 0.15) is 35.4 Å². The van der Waals surface area contributed by atoms with Gasteiger partial charge in [0, 0.05) is 0 Å². The summed E-state index contributed by atoms with van der Waals surface area (Å²) in [6.07, 6.45) is -1.04. The van der Waals surface area contributed by atoms with Gasteiger partial charge in [-0.2, -0.15) is 0 Å². The van der Waals surface area contributed by atoms with Gasteiger partial charge in [-0.25, -0.2) is 8.42 Å². The number of rotatable bonds is 9. The number of likely N-dealkylation sites (N-methyl/N-ethyl adjacent to an activating group) is 1. The van der Waals surface area contributed by atoms with Gasteiger partial charge in [0.15, 0.2) is 0 Å². The molecule has 9 heteroatoms. The van der Waals surface area contributed by atoms with Gasteiger partial charge >= 0.3 is 0 Å². The summed E-state index contributed by atoms with van der Waals surface area (Å²) in [5.74, 6) is 0.466. The summed E-state index contributed by atoms with van der Waals surface area (Å²) < 4.78 is 31.8. The number of hydrogen-bond acceptors (Lipinski definition) is 5. The maximum Gasteiger partial charge on any atom is 0.124 e. The Morgan fingerprint density at radius 2 is 1.38 bits per heavy atom. The topological polar surface area (TPSA) is 97.7 Å². The van der Waals surface area contributed by atoms with Crippen LogP contribution in [0.15, 0.2) is 29.2 Å². The first-order valence-electron chi connectivity index (χ1n) is 8.39. The molecule has 0 amide bonds. The molecule has 0 spiro atoms. The normalized spacial score (nSPS) is 14.3. The number of alkyl halides is 2. The first kappa shape index (κ1) is 25.6. The van der Waals surface area contributed by atoms with Crippen molar-refractivity contribution in [3.63, 3.8) is 0 Å². The van der Waals surface area contributed by atoms with Gasteiger partial charge in [-0.3, -0.25) is 0 Å². The maximum absolute atomic E-state index is 10.4. The van der Waals surface area contributed by atoms with Gasteiger partial charge in [-0.05, 0) is 32.9 Å². The Balaban J connectivity index is 0.000000502. The fourth-order valence-corrected chi connectivity index (χ4v) is 3.18. The van der Waals surface area contributed by atoms with Gasteiger partial charge in [0.25, 0.3) is 0 Å². The molecule has 0 aromatic heterocycles. The number of nitrogens with zero attached hydrogens (tertiary/aromatic N) is 1. The van der Waals surface area contributed by atoms with Crippen LogP contribution in [-0.2, 0) is 10.1 Å². The van der Waals surface area contributed by atoms with Crippen molar-refractivity contribution >= 4 is 33.3 Å². The zero-order chi connectivity index (χ0) is 20.4. The molecule has 0 aliphatic heterocycles. The molecule has 26 heavy (non-hydrogen) atoms. The largest absolute Gasteiger partial charge is 0.744 e. The average molecular weight is 430 g/mol. The lowest BCUT2D eigenvalue weighted by Crippen LogP contribution is -2.56. The van der Waals surface area contributed by atoms with E-state index in [4.69, 9.17) is 23.2 Å². The number of quaternary nitrogens is 1. The fourth-order valence-electron chi connectivity index (χ4n) is 2.51. The molecule has 0 radical (unpaired) electrons. The predicted molar refractivity (Wildman–Crippen MR) is 104 cm³/mol. The van der Waals surface area contributed by atoms with Crippen molar-refractivity contribution in [2.75, 3.05) is 37.9 Å². The molecule has 0 saturated carbocycles. The van der Waals surface area contributed by atoms with Crippen LogP contribution in [0.1, 0.15) is 19.4 Å². The van der Waals surface area contributed by atoms with E-state index >= 15 is 0 Å². The smallest absolute Gasteiger partial charge is 0.124 e. The van der Waals surface area contributed by atoms with E-state index in [0.29, 0.717) is 17.6 Å². The highest BCUT2D eigenvalue weighted by Gasteiger charge is 2.29. The van der Waals surface area contributed by atoms with E-state index in [2.05, 4.69) is 0 Å². The van der Waals surface area contributed by atoms with E-state index in [1.54, 1.807) is 12.1 Å². The minimum Gasteiger partial charge on any atom is -0.744 e. The van der Waals surface area contributed by atoms with Crippen LogP contribution >= 0.6 is 23.2 Å². The van der Waals surface area contributed by atoms with E-state index < -0.39 is 22.3 Å². The zero-order valence-electron chi connectivity index (χ0n) is 15.4. The SMILES string of the molecule is CC[N+](CC)(CC(O)CCl)CC(O)CCl.Cc1ccc(S(=O)(=O)[O-])cc1. The highest BCUT2D eigenvalue weighted by atomic mass is 35.5. The van der Waals surface area contributed by atoms with Gasteiger partial charge in [-0.1, -0.05) is 17.7 Å². The second kappa shape index (κ2) is 12.1. The second-order valence-electron chi connectivity index (χ2n) is 6.22. The number of hydrogen-bond donors (Lipinski definition) is 2. The summed E-state index contributed by atoms with van der Waals surface area (Å²) in [4.78, 5) is -0.178. The van der Waals surface area contributed by atoms with Gasteiger partial charge in [-0.15, -0.1) is 23.2 Å². The van der Waals surface area contributed by atoms with Crippen molar-refractivity contribution in [2.24, 2.45) is 0 Å². The molecule has 0 saturated heterocycles. The predicted octanol–water partition coefficient (Wildman–Crippen LogP) is 1.94. The maximum atomic E-state index is 10.4. The molecule has 0 aliphatic carbocycles. The Bertz CT molecular complexity index is 592. The summed E-state index contributed by atoms with van der Waals surface area (Å²) in [6.45, 7) is 8.78. The number of aliphatic hydroxyl groups is 2. The molecular weight excluding hydrogens is 401 g/mol. The fraction of sp³-hybridized carbons (Fsp3) is 0.647. The third kappa shape index (κ3) is 9.50. The third-order valence-electron chi connectivity index (χ3n) is 4.20. The molecule has 152 valence electrons. The van der Waals surface area contributed by atoms with Crippen LogP contribution in [0.4, 0.5) is 0 Å². The third-order valence-corrected chi connectivity index (χ3v) is 5.77. The van der Waals surface area contributed by atoms with Crippen molar-refractivity contribution in [1.29, 1.82) is 0 Å². The molecule has 2 atom stereocenters. The quantitative estimate of drug-likeness (QED) is 0.355. The van der Waals surface area contributed by atoms with E-state index in [1.165, 1.54) is 12.1 Å². The Hall–Kier alpha value is -0.410. The molecule has 2 unspecified atom stereocenters. The van der Waals surface area contributed by atoms with Crippen molar-refractivity contribution < 1.29 is 27.7 Å². The zero-order valence-corrected chi connectivity index (χ0v) is 17.8.